The van der Waals surface area contributed by atoms with E-state index in [0.717, 1.165) is 12.1 Å². The molecule has 7 nitrogen and oxygen atoms in total. The monoisotopic (exact) mass is 439 g/mol. The normalized spacial score (nSPS) is 22.2. The number of hydrogen-bond acceptors (Lipinski definition) is 5. The van der Waals surface area contributed by atoms with Crippen molar-refractivity contribution < 1.29 is 19.1 Å². The van der Waals surface area contributed by atoms with Gasteiger partial charge in [0.25, 0.3) is 5.91 Å². The highest BCUT2D eigenvalue weighted by Gasteiger charge is 2.25. The topological polar surface area (TPSA) is 79.9 Å². The first kappa shape index (κ1) is 23.8. The molecule has 0 radical (unpaired) electrons. The fraction of sp³-hybridized carbons (Fsp3) is 0.440. The Morgan fingerprint density at radius 3 is 2.69 bits per heavy atom. The summed E-state index contributed by atoms with van der Waals surface area (Å²) in [5.41, 5.74) is 1.99. The number of benzene rings is 2. The van der Waals surface area contributed by atoms with Crippen LogP contribution in [0, 0.1) is 5.92 Å². The van der Waals surface area contributed by atoms with E-state index in [1.54, 1.807) is 37.3 Å². The van der Waals surface area contributed by atoms with Gasteiger partial charge in [-0.3, -0.25) is 9.59 Å². The van der Waals surface area contributed by atoms with Crippen molar-refractivity contribution in [1.82, 2.24) is 10.2 Å². The average molecular weight is 440 g/mol. The van der Waals surface area contributed by atoms with Gasteiger partial charge in [0.2, 0.25) is 5.91 Å². The minimum absolute atomic E-state index is 0.0796. The van der Waals surface area contributed by atoms with E-state index in [4.69, 9.17) is 9.47 Å². The van der Waals surface area contributed by atoms with E-state index in [0.29, 0.717) is 30.2 Å². The highest BCUT2D eigenvalue weighted by molar-refractivity contribution is 5.98. The molecular formula is C25H33N3O4. The van der Waals surface area contributed by atoms with Crippen LogP contribution in [-0.4, -0.2) is 62.7 Å². The Kier molecular flexibility index (Phi) is 8.25. The molecule has 0 fully saturated rings. The summed E-state index contributed by atoms with van der Waals surface area (Å²) in [6, 6.07) is 14.8. The van der Waals surface area contributed by atoms with Crippen LogP contribution >= 0.6 is 0 Å². The van der Waals surface area contributed by atoms with Gasteiger partial charge in [-0.15, -0.1) is 0 Å². The molecule has 1 aliphatic rings. The van der Waals surface area contributed by atoms with Gasteiger partial charge < -0.3 is 25.0 Å². The van der Waals surface area contributed by atoms with E-state index in [1.165, 1.54) is 0 Å². The molecule has 7 heteroatoms. The van der Waals surface area contributed by atoms with Gasteiger partial charge in [0, 0.05) is 45.0 Å². The Hall–Kier alpha value is -2.90. The molecule has 2 N–H and O–H groups in total. The quantitative estimate of drug-likeness (QED) is 0.766. The molecule has 2 amide bonds. The van der Waals surface area contributed by atoms with Gasteiger partial charge in [0.1, 0.15) is 12.4 Å². The predicted octanol–water partition coefficient (Wildman–Crippen LogP) is 2.96. The van der Waals surface area contributed by atoms with Crippen molar-refractivity contribution in [1.29, 1.82) is 0 Å². The van der Waals surface area contributed by atoms with E-state index < -0.39 is 0 Å². The Morgan fingerprint density at radius 1 is 1.22 bits per heavy atom. The van der Waals surface area contributed by atoms with Gasteiger partial charge in [-0.05, 0) is 30.5 Å². The summed E-state index contributed by atoms with van der Waals surface area (Å²) in [6.45, 7) is 5.78. The fourth-order valence-corrected chi connectivity index (χ4v) is 3.72. The van der Waals surface area contributed by atoms with E-state index in [1.807, 2.05) is 37.3 Å². The Labute approximate surface area is 190 Å². The first-order valence-corrected chi connectivity index (χ1v) is 11.0. The number of hydrogen-bond donors (Lipinski definition) is 2. The fourth-order valence-electron chi connectivity index (χ4n) is 3.72. The SMILES string of the molecule is CO[C@@H]1CN(C)C(=O)c2ccc(NC(=O)Cc3ccccc3)cc2OC[C@H](C)NC[C@H]1C. The molecule has 0 unspecified atom stereocenters. The number of anilines is 1. The first-order valence-electron chi connectivity index (χ1n) is 11.0. The highest BCUT2D eigenvalue weighted by atomic mass is 16.5. The van der Waals surface area contributed by atoms with Crippen molar-refractivity contribution in [2.75, 3.05) is 39.2 Å². The molecule has 2 aromatic carbocycles. The summed E-state index contributed by atoms with van der Waals surface area (Å²) in [7, 11) is 3.44. The molecule has 3 atom stereocenters. The lowest BCUT2D eigenvalue weighted by Crippen LogP contribution is -2.44. The predicted molar refractivity (Wildman–Crippen MR) is 125 cm³/mol. The van der Waals surface area contributed by atoms with Gasteiger partial charge >= 0.3 is 0 Å². The van der Waals surface area contributed by atoms with Crippen LogP contribution in [0.5, 0.6) is 5.75 Å². The zero-order valence-electron chi connectivity index (χ0n) is 19.3. The second-order valence-electron chi connectivity index (χ2n) is 8.48. The highest BCUT2D eigenvalue weighted by Crippen LogP contribution is 2.26. The maximum atomic E-state index is 13.2. The molecule has 0 aromatic heterocycles. The van der Waals surface area contributed by atoms with Crippen molar-refractivity contribution in [3.8, 4) is 5.75 Å². The third-order valence-electron chi connectivity index (χ3n) is 5.72. The van der Waals surface area contributed by atoms with E-state index in [-0.39, 0.29) is 36.3 Å². The summed E-state index contributed by atoms with van der Waals surface area (Å²) < 4.78 is 11.7. The minimum atomic E-state index is -0.141. The van der Waals surface area contributed by atoms with E-state index >= 15 is 0 Å². The van der Waals surface area contributed by atoms with Gasteiger partial charge in [-0.2, -0.15) is 0 Å². The van der Waals surface area contributed by atoms with E-state index in [2.05, 4.69) is 17.6 Å². The van der Waals surface area contributed by atoms with Crippen LogP contribution in [0.15, 0.2) is 48.5 Å². The van der Waals surface area contributed by atoms with Gasteiger partial charge in [0.15, 0.2) is 0 Å². The molecule has 32 heavy (non-hydrogen) atoms. The van der Waals surface area contributed by atoms with Gasteiger partial charge in [-0.1, -0.05) is 37.3 Å². The molecule has 2 aromatic rings. The van der Waals surface area contributed by atoms with Crippen LogP contribution in [0.25, 0.3) is 0 Å². The number of nitrogens with zero attached hydrogens (tertiary/aromatic N) is 1. The van der Waals surface area contributed by atoms with Crippen LogP contribution in [-0.2, 0) is 16.0 Å². The maximum absolute atomic E-state index is 13.2. The molecule has 0 bridgehead atoms. The van der Waals surface area contributed by atoms with Crippen LogP contribution in [0.3, 0.4) is 0 Å². The summed E-state index contributed by atoms with van der Waals surface area (Å²) in [6.07, 6.45) is 0.196. The summed E-state index contributed by atoms with van der Waals surface area (Å²) in [5.74, 6) is 0.423. The van der Waals surface area contributed by atoms with Crippen molar-refractivity contribution in [2.24, 2.45) is 5.92 Å². The number of nitrogens with one attached hydrogen (secondary N) is 2. The average Bonchev–Trinajstić information content (AvgIpc) is 2.79. The van der Waals surface area contributed by atoms with Gasteiger partial charge in [0.05, 0.1) is 18.1 Å². The number of ether oxygens (including phenoxy) is 2. The first-order chi connectivity index (χ1) is 15.4. The summed E-state index contributed by atoms with van der Waals surface area (Å²) in [4.78, 5) is 27.3. The smallest absolute Gasteiger partial charge is 0.257 e. The molecule has 0 saturated heterocycles. The van der Waals surface area contributed by atoms with Crippen LogP contribution in [0.2, 0.25) is 0 Å². The van der Waals surface area contributed by atoms with Crippen LogP contribution in [0.1, 0.15) is 29.8 Å². The molecule has 1 heterocycles. The molecule has 3 rings (SSSR count). The molecule has 1 aliphatic heterocycles. The maximum Gasteiger partial charge on any atom is 0.257 e. The Balaban J connectivity index is 1.81. The van der Waals surface area contributed by atoms with E-state index in [9.17, 15) is 9.59 Å². The van der Waals surface area contributed by atoms with Crippen LogP contribution in [0.4, 0.5) is 5.69 Å². The van der Waals surface area contributed by atoms with Gasteiger partial charge in [-0.25, -0.2) is 0 Å². The molecule has 0 aliphatic carbocycles. The second kappa shape index (κ2) is 11.1. The number of carbonyl (C=O) groups excluding carboxylic acids is 2. The molecule has 0 spiro atoms. The number of likely N-dealkylation sites (N-methyl/N-ethyl adjacent to an activating group) is 1. The largest absolute Gasteiger partial charge is 0.491 e. The van der Waals surface area contributed by atoms with Crippen molar-refractivity contribution >= 4 is 17.5 Å². The molecular weight excluding hydrogens is 406 g/mol. The third-order valence-corrected chi connectivity index (χ3v) is 5.72. The lowest BCUT2D eigenvalue weighted by Gasteiger charge is -2.30. The Morgan fingerprint density at radius 2 is 1.97 bits per heavy atom. The third kappa shape index (κ3) is 6.31. The minimum Gasteiger partial charge on any atom is -0.491 e. The number of amides is 2. The number of fused-ring (bicyclic) bond motifs is 1. The zero-order chi connectivity index (χ0) is 23.1. The number of methoxy groups -OCH3 is 1. The lowest BCUT2D eigenvalue weighted by molar-refractivity contribution is -0.115. The van der Waals surface area contributed by atoms with Crippen molar-refractivity contribution in [2.45, 2.75) is 32.4 Å². The summed E-state index contributed by atoms with van der Waals surface area (Å²) >= 11 is 0. The second-order valence-corrected chi connectivity index (χ2v) is 8.48. The summed E-state index contributed by atoms with van der Waals surface area (Å²) in [5, 5.41) is 6.37. The standard InChI is InChI=1S/C25H33N3O4/c1-17-14-26-18(2)16-32-22-13-20(27-24(29)12-19-8-6-5-7-9-19)10-11-21(22)25(30)28(3)15-23(17)31-4/h5-11,13,17-18,23,26H,12,14-16H2,1-4H3,(H,27,29)/t17-,18+,23-/m1/s1. The number of carbonyl (C=O) groups is 2. The van der Waals surface area contributed by atoms with Crippen LogP contribution < -0.4 is 15.4 Å². The lowest BCUT2D eigenvalue weighted by atomic mass is 10.0. The van der Waals surface area contributed by atoms with Crippen molar-refractivity contribution in [3.63, 3.8) is 0 Å². The van der Waals surface area contributed by atoms with Crippen molar-refractivity contribution in [3.05, 3.63) is 59.7 Å². The Bertz CT molecular complexity index is 919. The molecule has 0 saturated carbocycles. The molecule has 172 valence electrons. The number of rotatable bonds is 4. The zero-order valence-corrected chi connectivity index (χ0v) is 19.3.